The first-order valence-corrected chi connectivity index (χ1v) is 5.78. The van der Waals surface area contributed by atoms with E-state index in [4.69, 9.17) is 18.0 Å². The third-order valence-corrected chi connectivity index (χ3v) is 3.07. The van der Waals surface area contributed by atoms with Crippen molar-refractivity contribution in [2.24, 2.45) is 16.8 Å². The Morgan fingerprint density at radius 3 is 3.12 bits per heavy atom. The van der Waals surface area contributed by atoms with Crippen molar-refractivity contribution in [2.75, 3.05) is 13.1 Å². The summed E-state index contributed by atoms with van der Waals surface area (Å²) >= 11 is 4.90. The van der Waals surface area contributed by atoms with Gasteiger partial charge >= 0.3 is 0 Å². The van der Waals surface area contributed by atoms with Crippen LogP contribution in [0.4, 0.5) is 0 Å². The number of thiocarbonyl (C=S) groups is 1. The van der Waals surface area contributed by atoms with Crippen LogP contribution < -0.4 is 5.73 Å². The lowest BCUT2D eigenvalue weighted by atomic mass is 10.2. The molecule has 6 heteroatoms. The molecule has 0 saturated carbocycles. The summed E-state index contributed by atoms with van der Waals surface area (Å²) in [4.78, 5) is 14.1. The molecule has 1 amide bonds. The lowest BCUT2D eigenvalue weighted by Crippen LogP contribution is -2.47. The molecule has 2 heterocycles. The van der Waals surface area contributed by atoms with Gasteiger partial charge in [-0.05, 0) is 12.2 Å². The van der Waals surface area contributed by atoms with Crippen LogP contribution in [-0.4, -0.2) is 39.7 Å². The average Bonchev–Trinajstić information content (AvgIpc) is 2.29. The van der Waals surface area contributed by atoms with Gasteiger partial charge in [0.2, 0.25) is 0 Å². The quantitative estimate of drug-likeness (QED) is 0.739. The number of rotatable bonds is 3. The van der Waals surface area contributed by atoms with Crippen molar-refractivity contribution in [3.63, 3.8) is 0 Å². The molecule has 0 aliphatic carbocycles. The normalized spacial score (nSPS) is 20.1. The Labute approximate surface area is 105 Å². The van der Waals surface area contributed by atoms with Gasteiger partial charge in [0.1, 0.15) is 6.54 Å². The number of fused-ring (bicyclic) bond motifs is 1. The summed E-state index contributed by atoms with van der Waals surface area (Å²) < 4.78 is 0. The van der Waals surface area contributed by atoms with E-state index < -0.39 is 0 Å². The van der Waals surface area contributed by atoms with E-state index in [0.717, 1.165) is 5.84 Å². The van der Waals surface area contributed by atoms with Crippen LogP contribution in [-0.2, 0) is 4.79 Å². The molecule has 2 rings (SSSR count). The Bertz CT molecular complexity index is 441. The predicted molar refractivity (Wildman–Crippen MR) is 70.1 cm³/mol. The largest absolute Gasteiger partial charge is 0.393 e. The van der Waals surface area contributed by atoms with Crippen LogP contribution in [0.3, 0.4) is 0 Å². The summed E-state index contributed by atoms with van der Waals surface area (Å²) in [5.41, 5.74) is 5.54. The van der Waals surface area contributed by atoms with E-state index in [1.165, 1.54) is 5.01 Å². The number of carbonyl (C=O) groups excluding carboxylic acids is 1. The Kier molecular flexibility index (Phi) is 3.23. The van der Waals surface area contributed by atoms with Crippen LogP contribution in [0.15, 0.2) is 29.5 Å². The zero-order valence-corrected chi connectivity index (χ0v) is 10.4. The van der Waals surface area contributed by atoms with Crippen LogP contribution in [0, 0.1) is 5.92 Å². The van der Waals surface area contributed by atoms with Crippen LogP contribution in [0.25, 0.3) is 0 Å². The molecule has 2 aliphatic rings. The number of allylic oxidation sites excluding steroid dienone is 2. The minimum atomic E-state index is -0.0446. The van der Waals surface area contributed by atoms with Crippen molar-refractivity contribution in [1.29, 1.82) is 0 Å². The van der Waals surface area contributed by atoms with Gasteiger partial charge in [0.25, 0.3) is 5.91 Å². The fourth-order valence-electron chi connectivity index (χ4n) is 1.59. The molecule has 0 bridgehead atoms. The van der Waals surface area contributed by atoms with E-state index >= 15 is 0 Å². The molecule has 0 radical (unpaired) electrons. The standard InChI is InChI=1S/C11H14N4OS/c1-8(11(12)17)6-15-10(16)7-14-5-3-2-4-9(14)13-15/h2-5,8H,6-7H2,1H3,(H2,12,17). The fraction of sp³-hybridized carbons (Fsp3) is 0.364. The molecule has 5 nitrogen and oxygen atoms in total. The SMILES string of the molecule is CC(CN1N=C2C=CC=CN2CC1=O)C(N)=S. The number of amidine groups is 1. The van der Waals surface area contributed by atoms with Crippen molar-refractivity contribution < 1.29 is 4.79 Å². The number of amides is 1. The second-order valence-corrected chi connectivity index (χ2v) is 4.54. The van der Waals surface area contributed by atoms with E-state index in [1.54, 1.807) is 0 Å². The first kappa shape index (κ1) is 11.8. The second-order valence-electron chi connectivity index (χ2n) is 4.07. The molecule has 1 atom stereocenters. The molecule has 0 aromatic heterocycles. The van der Waals surface area contributed by atoms with Gasteiger partial charge in [-0.15, -0.1) is 0 Å². The molecule has 0 aromatic carbocycles. The molecule has 1 unspecified atom stereocenters. The van der Waals surface area contributed by atoms with Gasteiger partial charge < -0.3 is 10.6 Å². The van der Waals surface area contributed by atoms with Gasteiger partial charge in [-0.1, -0.05) is 25.2 Å². The maximum atomic E-state index is 11.8. The molecule has 0 fully saturated rings. The highest BCUT2D eigenvalue weighted by Crippen LogP contribution is 2.12. The maximum Gasteiger partial charge on any atom is 0.262 e. The van der Waals surface area contributed by atoms with Gasteiger partial charge in [-0.25, -0.2) is 5.01 Å². The topological polar surface area (TPSA) is 61.9 Å². The zero-order chi connectivity index (χ0) is 12.4. The number of nitrogens with zero attached hydrogens (tertiary/aromatic N) is 3. The minimum Gasteiger partial charge on any atom is -0.393 e. The Balaban J connectivity index is 2.13. The first-order valence-electron chi connectivity index (χ1n) is 5.37. The molecule has 0 spiro atoms. The summed E-state index contributed by atoms with van der Waals surface area (Å²) in [6.45, 7) is 2.63. The molecule has 2 N–H and O–H groups in total. The second kappa shape index (κ2) is 4.67. The first-order chi connectivity index (χ1) is 8.08. The van der Waals surface area contributed by atoms with Crippen molar-refractivity contribution >= 4 is 28.9 Å². The van der Waals surface area contributed by atoms with E-state index in [-0.39, 0.29) is 11.8 Å². The molecular formula is C11H14N4OS. The third-order valence-electron chi connectivity index (χ3n) is 2.67. The number of hydrazone groups is 1. The van der Waals surface area contributed by atoms with E-state index in [0.29, 0.717) is 18.1 Å². The van der Waals surface area contributed by atoms with Gasteiger partial charge in [0, 0.05) is 12.1 Å². The van der Waals surface area contributed by atoms with Crippen LogP contribution in [0.1, 0.15) is 6.92 Å². The van der Waals surface area contributed by atoms with Gasteiger partial charge in [-0.3, -0.25) is 4.79 Å². The monoisotopic (exact) mass is 250 g/mol. The lowest BCUT2D eigenvalue weighted by Gasteiger charge is -2.32. The molecule has 0 aromatic rings. The van der Waals surface area contributed by atoms with E-state index in [1.807, 2.05) is 36.3 Å². The van der Waals surface area contributed by atoms with Crippen molar-refractivity contribution in [3.05, 3.63) is 24.4 Å². The van der Waals surface area contributed by atoms with Crippen LogP contribution in [0.5, 0.6) is 0 Å². The van der Waals surface area contributed by atoms with Gasteiger partial charge in [0.15, 0.2) is 5.84 Å². The number of hydrogen-bond donors (Lipinski definition) is 1. The summed E-state index contributed by atoms with van der Waals surface area (Å²) in [5, 5.41) is 5.72. The fourth-order valence-corrected chi connectivity index (χ4v) is 1.67. The number of carbonyl (C=O) groups is 1. The maximum absolute atomic E-state index is 11.8. The highest BCUT2D eigenvalue weighted by atomic mass is 32.1. The smallest absolute Gasteiger partial charge is 0.262 e. The molecule has 17 heavy (non-hydrogen) atoms. The molecular weight excluding hydrogens is 236 g/mol. The Morgan fingerprint density at radius 2 is 2.41 bits per heavy atom. The Hall–Kier alpha value is -1.69. The van der Waals surface area contributed by atoms with Crippen molar-refractivity contribution in [3.8, 4) is 0 Å². The minimum absolute atomic E-state index is 0.0343. The van der Waals surface area contributed by atoms with Crippen molar-refractivity contribution in [2.45, 2.75) is 6.92 Å². The van der Waals surface area contributed by atoms with E-state index in [9.17, 15) is 4.79 Å². The third kappa shape index (κ3) is 2.52. The van der Waals surface area contributed by atoms with Crippen molar-refractivity contribution in [1.82, 2.24) is 9.91 Å². The lowest BCUT2D eigenvalue weighted by molar-refractivity contribution is -0.132. The van der Waals surface area contributed by atoms with Gasteiger partial charge in [-0.2, -0.15) is 5.10 Å². The summed E-state index contributed by atoms with van der Waals surface area (Å²) in [7, 11) is 0. The molecule has 2 aliphatic heterocycles. The average molecular weight is 250 g/mol. The summed E-state index contributed by atoms with van der Waals surface area (Å²) in [5.74, 6) is 0.687. The number of nitrogens with two attached hydrogens (primary N) is 1. The predicted octanol–water partition coefficient (Wildman–Crippen LogP) is 0.450. The van der Waals surface area contributed by atoms with E-state index in [2.05, 4.69) is 5.10 Å². The van der Waals surface area contributed by atoms with Crippen LogP contribution >= 0.6 is 12.2 Å². The van der Waals surface area contributed by atoms with Gasteiger partial charge in [0.05, 0.1) is 11.5 Å². The summed E-state index contributed by atoms with van der Waals surface area (Å²) in [6.07, 6.45) is 7.47. The summed E-state index contributed by atoms with van der Waals surface area (Å²) in [6, 6.07) is 0. The Morgan fingerprint density at radius 1 is 1.65 bits per heavy atom. The zero-order valence-electron chi connectivity index (χ0n) is 9.54. The highest BCUT2D eigenvalue weighted by molar-refractivity contribution is 7.80. The highest BCUT2D eigenvalue weighted by Gasteiger charge is 2.26. The molecule has 0 saturated heterocycles. The number of hydrogen-bond acceptors (Lipinski definition) is 4. The molecule has 90 valence electrons. The van der Waals surface area contributed by atoms with Crippen LogP contribution in [0.2, 0.25) is 0 Å².